The lowest BCUT2D eigenvalue weighted by molar-refractivity contribution is -0.138. The average Bonchev–Trinajstić information content (AvgIpc) is 3.40. The molecule has 4 aromatic rings. The molecule has 11 heteroatoms. The predicted octanol–water partition coefficient (Wildman–Crippen LogP) is 6.49. The molecule has 1 aliphatic heterocycles. The molecule has 0 saturated carbocycles. The number of carbonyl (C=O) groups excluding carboxylic acids is 2. The van der Waals surface area contributed by atoms with Crippen molar-refractivity contribution in [3.8, 4) is 0 Å². The summed E-state index contributed by atoms with van der Waals surface area (Å²) in [5.74, 6) is -0.426. The number of carbonyl (C=O) groups is 2. The summed E-state index contributed by atoms with van der Waals surface area (Å²) in [6, 6.07) is 17.6. The normalized spacial score (nSPS) is 16.1. The number of halogens is 4. The van der Waals surface area contributed by atoms with Gasteiger partial charge in [-0.05, 0) is 58.8 Å². The van der Waals surface area contributed by atoms with Crippen LogP contribution in [0, 0.1) is 0 Å². The van der Waals surface area contributed by atoms with Crippen LogP contribution in [-0.2, 0) is 17.5 Å². The maximum Gasteiger partial charge on any atom is 0.416 e. The van der Waals surface area contributed by atoms with E-state index in [1.54, 1.807) is 30.5 Å². The third-order valence-corrected chi connectivity index (χ3v) is 7.28. The molecule has 1 aromatic heterocycles. The first-order valence-corrected chi connectivity index (χ1v) is 12.7. The highest BCUT2D eigenvalue weighted by atomic mass is 35.5. The van der Waals surface area contributed by atoms with E-state index in [-0.39, 0.29) is 28.6 Å². The topological polar surface area (TPSA) is 81.2 Å². The van der Waals surface area contributed by atoms with Crippen LogP contribution in [0.5, 0.6) is 0 Å². The van der Waals surface area contributed by atoms with Gasteiger partial charge in [0, 0.05) is 23.0 Å². The fraction of sp³-hybridized carbons (Fsp3) is 0.148. The summed E-state index contributed by atoms with van der Waals surface area (Å²) < 4.78 is 42.0. The molecule has 5 rings (SSSR count). The van der Waals surface area contributed by atoms with Crippen LogP contribution in [0.2, 0.25) is 5.02 Å². The molecule has 2 heterocycles. The van der Waals surface area contributed by atoms with Crippen molar-refractivity contribution in [2.45, 2.75) is 18.8 Å². The van der Waals surface area contributed by atoms with Crippen molar-refractivity contribution >= 4 is 51.5 Å². The van der Waals surface area contributed by atoms with Crippen LogP contribution in [0.4, 0.5) is 18.0 Å². The van der Waals surface area contributed by atoms with Crippen LogP contribution in [-0.4, -0.2) is 32.4 Å². The minimum Gasteiger partial charge on any atom is -0.322 e. The number of nitrogens with two attached hydrogens (primary N) is 1. The smallest absolute Gasteiger partial charge is 0.322 e. The van der Waals surface area contributed by atoms with E-state index in [1.807, 2.05) is 30.3 Å². The van der Waals surface area contributed by atoms with Crippen LogP contribution in [0.15, 0.2) is 77.8 Å². The van der Waals surface area contributed by atoms with Crippen LogP contribution < -0.4 is 5.73 Å². The standard InChI is InChI=1S/C27H20ClF3N4O2S/c28-20-8-7-18(21(12-20)27(29,30)31)14-35-23-9-6-16(10-19(23)13-33-35)11-24-25(36)34(26(37)38-24)15-22(32)17-4-2-1-3-5-17/h1-13,22H,14-15,32H2/t22-/m0/s1. The van der Waals surface area contributed by atoms with Crippen LogP contribution >= 0.6 is 23.4 Å². The number of nitrogens with zero attached hydrogens (tertiary/aromatic N) is 3. The third kappa shape index (κ3) is 5.33. The SMILES string of the molecule is N[C@@H](CN1C(=O)SC(=Cc2ccc3c(cnn3Cc3ccc(Cl)cc3C(F)(F)F)c2)C1=O)c1ccccc1. The molecule has 1 aliphatic rings. The maximum absolute atomic E-state index is 13.5. The number of aromatic nitrogens is 2. The van der Waals surface area contributed by atoms with E-state index in [2.05, 4.69) is 5.10 Å². The second-order valence-corrected chi connectivity index (χ2v) is 10.2. The Morgan fingerprint density at radius 3 is 2.55 bits per heavy atom. The van der Waals surface area contributed by atoms with E-state index in [4.69, 9.17) is 17.3 Å². The molecule has 2 N–H and O–H groups in total. The first-order chi connectivity index (χ1) is 18.1. The largest absolute Gasteiger partial charge is 0.416 e. The lowest BCUT2D eigenvalue weighted by Crippen LogP contribution is -2.35. The van der Waals surface area contributed by atoms with Crippen molar-refractivity contribution in [1.82, 2.24) is 14.7 Å². The molecular weight excluding hydrogens is 537 g/mol. The van der Waals surface area contributed by atoms with E-state index < -0.39 is 28.9 Å². The van der Waals surface area contributed by atoms with Crippen LogP contribution in [0.1, 0.15) is 28.3 Å². The minimum atomic E-state index is -4.55. The molecule has 2 amide bonds. The molecule has 38 heavy (non-hydrogen) atoms. The Labute approximate surface area is 224 Å². The molecule has 6 nitrogen and oxygen atoms in total. The number of hydrogen-bond donors (Lipinski definition) is 1. The van der Waals surface area contributed by atoms with Gasteiger partial charge in [-0.2, -0.15) is 18.3 Å². The van der Waals surface area contributed by atoms with Gasteiger partial charge in [0.15, 0.2) is 0 Å². The van der Waals surface area contributed by atoms with Gasteiger partial charge in [0.05, 0.1) is 28.7 Å². The molecule has 1 saturated heterocycles. The Bertz CT molecular complexity index is 1570. The van der Waals surface area contributed by atoms with E-state index in [1.165, 1.54) is 16.8 Å². The van der Waals surface area contributed by atoms with E-state index in [0.717, 1.165) is 28.3 Å². The number of hydrogen-bond acceptors (Lipinski definition) is 5. The minimum absolute atomic E-state index is 0.00232. The van der Waals surface area contributed by atoms with E-state index in [0.29, 0.717) is 16.5 Å². The molecule has 0 spiro atoms. The van der Waals surface area contributed by atoms with Gasteiger partial charge >= 0.3 is 6.18 Å². The quantitative estimate of drug-likeness (QED) is 0.274. The summed E-state index contributed by atoms with van der Waals surface area (Å²) in [5, 5.41) is 4.53. The zero-order chi connectivity index (χ0) is 27.0. The number of fused-ring (bicyclic) bond motifs is 1. The molecule has 1 fully saturated rings. The average molecular weight is 557 g/mol. The number of amides is 2. The summed E-state index contributed by atoms with van der Waals surface area (Å²) in [5.41, 5.74) is 7.52. The second kappa shape index (κ2) is 10.3. The molecule has 1 atom stereocenters. The Balaban J connectivity index is 1.36. The summed E-state index contributed by atoms with van der Waals surface area (Å²) in [6.45, 7) is -0.0438. The highest BCUT2D eigenvalue weighted by molar-refractivity contribution is 8.18. The molecular formula is C27H20ClF3N4O2S. The number of imide groups is 1. The Kier molecular flexibility index (Phi) is 7.04. The number of benzene rings is 3. The summed E-state index contributed by atoms with van der Waals surface area (Å²) in [6.07, 6.45) is -1.40. The maximum atomic E-state index is 13.5. The monoisotopic (exact) mass is 556 g/mol. The summed E-state index contributed by atoms with van der Waals surface area (Å²) in [4.78, 5) is 26.9. The van der Waals surface area contributed by atoms with Crippen molar-refractivity contribution in [2.75, 3.05) is 6.54 Å². The summed E-state index contributed by atoms with van der Waals surface area (Å²) >= 11 is 6.62. The van der Waals surface area contributed by atoms with Gasteiger partial charge in [-0.25, -0.2) is 0 Å². The first kappa shape index (κ1) is 26.0. The van der Waals surface area contributed by atoms with Gasteiger partial charge in [-0.1, -0.05) is 54.1 Å². The Morgan fingerprint density at radius 2 is 1.82 bits per heavy atom. The van der Waals surface area contributed by atoms with Gasteiger partial charge in [0.1, 0.15) is 0 Å². The van der Waals surface area contributed by atoms with Gasteiger partial charge in [0.2, 0.25) is 0 Å². The predicted molar refractivity (Wildman–Crippen MR) is 141 cm³/mol. The van der Waals surface area contributed by atoms with Crippen molar-refractivity contribution in [3.05, 3.63) is 105 Å². The molecule has 0 unspecified atom stereocenters. The number of rotatable bonds is 6. The van der Waals surface area contributed by atoms with Gasteiger partial charge in [-0.15, -0.1) is 0 Å². The third-order valence-electron chi connectivity index (χ3n) is 6.14. The highest BCUT2D eigenvalue weighted by Gasteiger charge is 2.36. The Morgan fingerprint density at radius 1 is 1.05 bits per heavy atom. The van der Waals surface area contributed by atoms with Crippen molar-refractivity contribution in [1.29, 1.82) is 0 Å². The van der Waals surface area contributed by atoms with E-state index in [9.17, 15) is 22.8 Å². The van der Waals surface area contributed by atoms with Crippen LogP contribution in [0.25, 0.3) is 17.0 Å². The molecule has 0 bridgehead atoms. The van der Waals surface area contributed by atoms with Crippen molar-refractivity contribution in [2.24, 2.45) is 5.73 Å². The Hall–Kier alpha value is -3.60. The lowest BCUT2D eigenvalue weighted by Gasteiger charge is -2.18. The lowest BCUT2D eigenvalue weighted by atomic mass is 10.1. The van der Waals surface area contributed by atoms with Gasteiger partial charge < -0.3 is 5.73 Å². The molecule has 3 aromatic carbocycles. The molecule has 194 valence electrons. The number of thioether (sulfide) groups is 1. The van der Waals surface area contributed by atoms with Crippen molar-refractivity contribution in [3.63, 3.8) is 0 Å². The fourth-order valence-corrected chi connectivity index (χ4v) is 5.26. The summed E-state index contributed by atoms with van der Waals surface area (Å²) in [7, 11) is 0. The van der Waals surface area contributed by atoms with Crippen molar-refractivity contribution < 1.29 is 22.8 Å². The second-order valence-electron chi connectivity index (χ2n) is 8.73. The van der Waals surface area contributed by atoms with E-state index >= 15 is 0 Å². The van der Waals surface area contributed by atoms with Crippen LogP contribution in [0.3, 0.4) is 0 Å². The fourth-order valence-electron chi connectivity index (χ4n) is 4.24. The number of alkyl halides is 3. The molecule has 0 radical (unpaired) electrons. The van der Waals surface area contributed by atoms with Gasteiger partial charge in [0.25, 0.3) is 11.1 Å². The molecule has 0 aliphatic carbocycles. The zero-order valence-electron chi connectivity index (χ0n) is 19.7. The highest BCUT2D eigenvalue weighted by Crippen LogP contribution is 2.35. The first-order valence-electron chi connectivity index (χ1n) is 11.5. The zero-order valence-corrected chi connectivity index (χ0v) is 21.2. The van der Waals surface area contributed by atoms with Gasteiger partial charge in [-0.3, -0.25) is 19.2 Å².